The predicted octanol–water partition coefficient (Wildman–Crippen LogP) is 1.57. The van der Waals surface area contributed by atoms with E-state index < -0.39 is 0 Å². The Hall–Kier alpha value is -1.23. The second-order valence-corrected chi connectivity index (χ2v) is 5.04. The van der Waals surface area contributed by atoms with Gasteiger partial charge in [0.2, 0.25) is 5.95 Å². The molecule has 0 bridgehead atoms. The molecule has 19 heavy (non-hydrogen) atoms. The number of aryl methyl sites for hydroxylation is 2. The maximum atomic E-state index is 4.70. The maximum absolute atomic E-state index is 4.70. The molecule has 2 rings (SSSR count). The molecule has 106 valence electrons. The third-order valence-electron chi connectivity index (χ3n) is 3.77. The van der Waals surface area contributed by atoms with Gasteiger partial charge in [0.25, 0.3) is 0 Å². The van der Waals surface area contributed by atoms with Gasteiger partial charge < -0.3 is 10.2 Å². The van der Waals surface area contributed by atoms with Crippen LogP contribution in [0.25, 0.3) is 0 Å². The lowest BCUT2D eigenvalue weighted by Crippen LogP contribution is -2.38. The zero-order chi connectivity index (χ0) is 13.7. The molecule has 1 aliphatic rings. The summed E-state index contributed by atoms with van der Waals surface area (Å²) < 4.78 is 0. The van der Waals surface area contributed by atoms with Crippen LogP contribution in [-0.4, -0.2) is 40.9 Å². The lowest BCUT2D eigenvalue weighted by molar-refractivity contribution is 0.576. The van der Waals surface area contributed by atoms with Gasteiger partial charge in [-0.05, 0) is 39.2 Å². The monoisotopic (exact) mass is 263 g/mol. The van der Waals surface area contributed by atoms with Crippen LogP contribution >= 0.6 is 0 Å². The van der Waals surface area contributed by atoms with Crippen LogP contribution in [0.15, 0.2) is 0 Å². The van der Waals surface area contributed by atoms with Crippen molar-refractivity contribution in [3.8, 4) is 0 Å². The second kappa shape index (κ2) is 6.80. The first kappa shape index (κ1) is 14.2. The highest BCUT2D eigenvalue weighted by atomic mass is 15.3. The highest BCUT2D eigenvalue weighted by Gasteiger charge is 2.19. The summed E-state index contributed by atoms with van der Waals surface area (Å²) in [6.07, 6.45) is 4.35. The van der Waals surface area contributed by atoms with Crippen molar-refractivity contribution in [2.45, 2.75) is 52.5 Å². The Balaban J connectivity index is 2.12. The van der Waals surface area contributed by atoms with Crippen molar-refractivity contribution < 1.29 is 0 Å². The number of anilines is 1. The molecule has 1 aromatic rings. The van der Waals surface area contributed by atoms with Crippen molar-refractivity contribution in [2.24, 2.45) is 0 Å². The molecule has 0 amide bonds. The Morgan fingerprint density at radius 3 is 2.53 bits per heavy atom. The molecule has 0 aromatic carbocycles. The van der Waals surface area contributed by atoms with Crippen molar-refractivity contribution in [3.63, 3.8) is 0 Å². The molecule has 1 aliphatic heterocycles. The van der Waals surface area contributed by atoms with E-state index in [1.165, 1.54) is 12.8 Å². The summed E-state index contributed by atoms with van der Waals surface area (Å²) in [5.41, 5.74) is 2.12. The van der Waals surface area contributed by atoms with Gasteiger partial charge in [0.15, 0.2) is 0 Å². The van der Waals surface area contributed by atoms with E-state index in [0.717, 1.165) is 49.8 Å². The Morgan fingerprint density at radius 1 is 1.16 bits per heavy atom. The Labute approximate surface area is 115 Å². The van der Waals surface area contributed by atoms with Crippen molar-refractivity contribution in [1.82, 2.24) is 20.5 Å². The first-order chi connectivity index (χ1) is 9.28. The van der Waals surface area contributed by atoms with E-state index >= 15 is 0 Å². The van der Waals surface area contributed by atoms with Crippen molar-refractivity contribution in [3.05, 3.63) is 11.4 Å². The Morgan fingerprint density at radius 2 is 1.95 bits per heavy atom. The number of hydrogen-bond donors (Lipinski definition) is 1. The van der Waals surface area contributed by atoms with Crippen LogP contribution in [0.2, 0.25) is 0 Å². The van der Waals surface area contributed by atoms with Crippen molar-refractivity contribution in [2.75, 3.05) is 24.5 Å². The van der Waals surface area contributed by atoms with Gasteiger partial charge in [0, 0.05) is 19.1 Å². The molecular formula is C14H25N5. The summed E-state index contributed by atoms with van der Waals surface area (Å²) in [6.45, 7) is 9.42. The SMILES string of the molecule is CCc1nnc(N(CC)CC2CCCN2)nc1CC. The Kier molecular flexibility index (Phi) is 5.07. The van der Waals surface area contributed by atoms with E-state index in [1.807, 2.05) is 0 Å². The van der Waals surface area contributed by atoms with Crippen LogP contribution in [0, 0.1) is 0 Å². The number of nitrogens with one attached hydrogen (secondary N) is 1. The quantitative estimate of drug-likeness (QED) is 0.844. The summed E-state index contributed by atoms with van der Waals surface area (Å²) in [7, 11) is 0. The fourth-order valence-electron chi connectivity index (χ4n) is 2.59. The smallest absolute Gasteiger partial charge is 0.245 e. The fourth-order valence-corrected chi connectivity index (χ4v) is 2.59. The molecular weight excluding hydrogens is 238 g/mol. The minimum absolute atomic E-state index is 0.569. The molecule has 0 saturated carbocycles. The normalized spacial score (nSPS) is 18.8. The maximum Gasteiger partial charge on any atom is 0.245 e. The molecule has 1 unspecified atom stereocenters. The predicted molar refractivity (Wildman–Crippen MR) is 77.5 cm³/mol. The van der Waals surface area contributed by atoms with Crippen LogP contribution < -0.4 is 10.2 Å². The highest BCUT2D eigenvalue weighted by molar-refractivity contribution is 5.30. The number of rotatable bonds is 6. The summed E-state index contributed by atoms with van der Waals surface area (Å²) in [4.78, 5) is 6.93. The van der Waals surface area contributed by atoms with Crippen LogP contribution in [0.3, 0.4) is 0 Å². The third kappa shape index (κ3) is 3.41. The summed E-state index contributed by atoms with van der Waals surface area (Å²) in [5.74, 6) is 0.783. The molecule has 1 fully saturated rings. The lowest BCUT2D eigenvalue weighted by Gasteiger charge is -2.24. The van der Waals surface area contributed by atoms with Gasteiger partial charge in [-0.2, -0.15) is 5.10 Å². The van der Waals surface area contributed by atoms with Crippen molar-refractivity contribution >= 4 is 5.95 Å². The highest BCUT2D eigenvalue weighted by Crippen LogP contribution is 2.14. The third-order valence-corrected chi connectivity index (χ3v) is 3.77. The zero-order valence-electron chi connectivity index (χ0n) is 12.3. The van der Waals surface area contributed by atoms with E-state index in [2.05, 4.69) is 41.2 Å². The fraction of sp³-hybridized carbons (Fsp3) is 0.786. The van der Waals surface area contributed by atoms with E-state index in [-0.39, 0.29) is 0 Å². The van der Waals surface area contributed by atoms with Crippen LogP contribution in [0.1, 0.15) is 45.0 Å². The first-order valence-corrected chi connectivity index (χ1v) is 7.49. The molecule has 1 N–H and O–H groups in total. The number of likely N-dealkylation sites (N-methyl/N-ethyl adjacent to an activating group) is 1. The average Bonchev–Trinajstić information content (AvgIpc) is 2.97. The number of hydrogen-bond acceptors (Lipinski definition) is 5. The van der Waals surface area contributed by atoms with Crippen LogP contribution in [0.4, 0.5) is 5.95 Å². The molecule has 0 aliphatic carbocycles. The molecule has 1 atom stereocenters. The van der Waals surface area contributed by atoms with Crippen LogP contribution in [0.5, 0.6) is 0 Å². The van der Waals surface area contributed by atoms with Gasteiger partial charge in [-0.3, -0.25) is 0 Å². The largest absolute Gasteiger partial charge is 0.338 e. The summed E-state index contributed by atoms with van der Waals surface area (Å²) >= 11 is 0. The van der Waals surface area contributed by atoms with E-state index in [0.29, 0.717) is 6.04 Å². The van der Waals surface area contributed by atoms with Gasteiger partial charge in [-0.1, -0.05) is 13.8 Å². The number of aromatic nitrogens is 3. The van der Waals surface area contributed by atoms with Gasteiger partial charge in [0.05, 0.1) is 11.4 Å². The lowest BCUT2D eigenvalue weighted by atomic mass is 10.2. The standard InChI is InChI=1S/C14H25N5/c1-4-12-13(5-2)17-18-14(16-12)19(6-3)10-11-8-7-9-15-11/h11,15H,4-10H2,1-3H3. The molecule has 1 saturated heterocycles. The Bertz CT molecular complexity index is 401. The van der Waals surface area contributed by atoms with Gasteiger partial charge in [-0.25, -0.2) is 4.98 Å². The minimum atomic E-state index is 0.569. The van der Waals surface area contributed by atoms with E-state index in [1.54, 1.807) is 0 Å². The first-order valence-electron chi connectivity index (χ1n) is 7.49. The molecule has 5 nitrogen and oxygen atoms in total. The van der Waals surface area contributed by atoms with Crippen LogP contribution in [-0.2, 0) is 12.8 Å². The second-order valence-electron chi connectivity index (χ2n) is 5.04. The topological polar surface area (TPSA) is 53.9 Å². The minimum Gasteiger partial charge on any atom is -0.338 e. The number of nitrogens with zero attached hydrogens (tertiary/aromatic N) is 4. The van der Waals surface area contributed by atoms with E-state index in [4.69, 9.17) is 4.98 Å². The van der Waals surface area contributed by atoms with Gasteiger partial charge >= 0.3 is 0 Å². The molecule has 0 spiro atoms. The molecule has 1 aromatic heterocycles. The van der Waals surface area contributed by atoms with E-state index in [9.17, 15) is 0 Å². The van der Waals surface area contributed by atoms with Gasteiger partial charge in [0.1, 0.15) is 0 Å². The van der Waals surface area contributed by atoms with Crippen molar-refractivity contribution in [1.29, 1.82) is 0 Å². The van der Waals surface area contributed by atoms with Gasteiger partial charge in [-0.15, -0.1) is 5.10 Å². The summed E-state index contributed by atoms with van der Waals surface area (Å²) in [5, 5.41) is 12.2. The zero-order valence-corrected chi connectivity index (χ0v) is 12.3. The molecule has 0 radical (unpaired) electrons. The molecule has 2 heterocycles. The summed E-state index contributed by atoms with van der Waals surface area (Å²) in [6, 6.07) is 0.569. The molecule has 5 heteroatoms. The average molecular weight is 263 g/mol.